The molecular formula is C18H26N2. The van der Waals surface area contributed by atoms with Crippen LogP contribution in [0.1, 0.15) is 50.9 Å². The van der Waals surface area contributed by atoms with Crippen molar-refractivity contribution in [2.45, 2.75) is 46.1 Å². The van der Waals surface area contributed by atoms with Crippen LogP contribution in [0.3, 0.4) is 0 Å². The molecule has 1 aliphatic rings. The molecule has 1 aliphatic carbocycles. The van der Waals surface area contributed by atoms with Crippen LogP contribution in [0.15, 0.2) is 24.3 Å². The van der Waals surface area contributed by atoms with Crippen LogP contribution in [-0.2, 0) is 6.42 Å². The van der Waals surface area contributed by atoms with E-state index >= 15 is 0 Å². The highest BCUT2D eigenvalue weighted by atomic mass is 15.0. The number of H-pyrrole nitrogens is 1. The molecule has 0 saturated carbocycles. The smallest absolute Gasteiger partial charge is 0.0476 e. The third-order valence-corrected chi connectivity index (χ3v) is 4.94. The highest BCUT2D eigenvalue weighted by Gasteiger charge is 2.24. The van der Waals surface area contributed by atoms with Gasteiger partial charge in [0, 0.05) is 22.6 Å². The summed E-state index contributed by atoms with van der Waals surface area (Å²) in [6, 6.07) is 9.22. The predicted octanol–water partition coefficient (Wildman–Crippen LogP) is 4.43. The largest absolute Gasteiger partial charge is 0.357 e. The van der Waals surface area contributed by atoms with E-state index in [1.54, 1.807) is 5.56 Å². The summed E-state index contributed by atoms with van der Waals surface area (Å²) in [6.07, 6.45) is 3.77. The average molecular weight is 270 g/mol. The fraction of sp³-hybridized carbons (Fsp3) is 0.556. The van der Waals surface area contributed by atoms with Crippen LogP contribution in [-0.4, -0.2) is 11.5 Å². The number of aryl methyl sites for hydroxylation is 1. The second kappa shape index (κ2) is 5.61. The molecule has 1 heterocycles. The van der Waals surface area contributed by atoms with Crippen LogP contribution in [0.25, 0.3) is 10.9 Å². The molecule has 0 bridgehead atoms. The number of benzene rings is 1. The summed E-state index contributed by atoms with van der Waals surface area (Å²) in [7, 11) is 0. The first-order chi connectivity index (χ1) is 9.66. The Kier molecular flexibility index (Phi) is 3.84. The van der Waals surface area contributed by atoms with Gasteiger partial charge in [-0.2, -0.15) is 0 Å². The van der Waals surface area contributed by atoms with Crippen molar-refractivity contribution in [2.24, 2.45) is 11.8 Å². The van der Waals surface area contributed by atoms with Gasteiger partial charge in [0.15, 0.2) is 0 Å². The van der Waals surface area contributed by atoms with Gasteiger partial charge in [0.25, 0.3) is 0 Å². The third kappa shape index (κ3) is 2.49. The number of aromatic amines is 1. The zero-order valence-electron chi connectivity index (χ0n) is 12.9. The highest BCUT2D eigenvalue weighted by Crippen LogP contribution is 2.34. The normalized spacial score (nSPS) is 20.3. The van der Waals surface area contributed by atoms with Crippen LogP contribution >= 0.6 is 0 Å². The number of rotatable bonds is 4. The van der Waals surface area contributed by atoms with Crippen molar-refractivity contribution in [1.82, 2.24) is 10.3 Å². The molecule has 2 N–H and O–H groups in total. The van der Waals surface area contributed by atoms with Crippen molar-refractivity contribution in [3.05, 3.63) is 35.5 Å². The van der Waals surface area contributed by atoms with Gasteiger partial charge in [-0.05, 0) is 49.3 Å². The molecule has 2 unspecified atom stereocenters. The third-order valence-electron chi connectivity index (χ3n) is 4.94. The summed E-state index contributed by atoms with van der Waals surface area (Å²) in [5.41, 5.74) is 4.28. The quantitative estimate of drug-likeness (QED) is 0.845. The zero-order chi connectivity index (χ0) is 14.1. The monoisotopic (exact) mass is 270 g/mol. The highest BCUT2D eigenvalue weighted by molar-refractivity contribution is 5.85. The SMILES string of the molecule is CC(C)C(C)CNC1CCCc2c1[nH]c1ccccc21. The number of hydrogen-bond donors (Lipinski definition) is 2. The Hall–Kier alpha value is -1.28. The zero-order valence-corrected chi connectivity index (χ0v) is 12.9. The molecule has 2 heteroatoms. The predicted molar refractivity (Wildman–Crippen MR) is 86.0 cm³/mol. The van der Waals surface area contributed by atoms with Gasteiger partial charge in [-0.1, -0.05) is 39.0 Å². The molecule has 2 nitrogen and oxygen atoms in total. The van der Waals surface area contributed by atoms with E-state index in [0.717, 1.165) is 18.4 Å². The van der Waals surface area contributed by atoms with Gasteiger partial charge in [-0.25, -0.2) is 0 Å². The van der Waals surface area contributed by atoms with Gasteiger partial charge < -0.3 is 10.3 Å². The van der Waals surface area contributed by atoms with E-state index in [9.17, 15) is 0 Å². The van der Waals surface area contributed by atoms with Crippen molar-refractivity contribution in [1.29, 1.82) is 0 Å². The number of nitrogens with one attached hydrogen (secondary N) is 2. The Morgan fingerprint density at radius 2 is 2.05 bits per heavy atom. The Morgan fingerprint density at radius 3 is 2.85 bits per heavy atom. The number of aromatic nitrogens is 1. The minimum Gasteiger partial charge on any atom is -0.357 e. The van der Waals surface area contributed by atoms with Crippen molar-refractivity contribution in [3.8, 4) is 0 Å². The van der Waals surface area contributed by atoms with Crippen molar-refractivity contribution in [3.63, 3.8) is 0 Å². The van der Waals surface area contributed by atoms with Gasteiger partial charge in [-0.15, -0.1) is 0 Å². The summed E-state index contributed by atoms with van der Waals surface area (Å²) in [5.74, 6) is 1.47. The molecule has 1 aromatic heterocycles. The Labute approximate surface area is 122 Å². The molecule has 3 rings (SSSR count). The van der Waals surface area contributed by atoms with Gasteiger partial charge in [0.2, 0.25) is 0 Å². The fourth-order valence-corrected chi connectivity index (χ4v) is 3.18. The second-order valence-electron chi connectivity index (χ2n) is 6.64. The lowest BCUT2D eigenvalue weighted by atomic mass is 9.90. The van der Waals surface area contributed by atoms with E-state index in [4.69, 9.17) is 0 Å². The second-order valence-corrected chi connectivity index (χ2v) is 6.64. The number of fused-ring (bicyclic) bond motifs is 3. The van der Waals surface area contributed by atoms with Crippen LogP contribution < -0.4 is 5.32 Å². The lowest BCUT2D eigenvalue weighted by Crippen LogP contribution is -2.30. The number of para-hydroxylation sites is 1. The maximum Gasteiger partial charge on any atom is 0.0476 e. The van der Waals surface area contributed by atoms with Crippen LogP contribution in [0, 0.1) is 11.8 Å². The molecule has 108 valence electrons. The molecule has 0 saturated heterocycles. The Bertz CT molecular complexity index is 582. The summed E-state index contributed by atoms with van der Waals surface area (Å²) in [5, 5.41) is 5.21. The number of hydrogen-bond acceptors (Lipinski definition) is 1. The maximum absolute atomic E-state index is 3.79. The summed E-state index contributed by atoms with van der Waals surface area (Å²) in [6.45, 7) is 8.06. The topological polar surface area (TPSA) is 27.8 Å². The molecule has 1 aromatic carbocycles. The summed E-state index contributed by atoms with van der Waals surface area (Å²) >= 11 is 0. The fourth-order valence-electron chi connectivity index (χ4n) is 3.18. The summed E-state index contributed by atoms with van der Waals surface area (Å²) in [4.78, 5) is 3.66. The molecule has 0 fully saturated rings. The van der Waals surface area contributed by atoms with E-state index in [1.165, 1.54) is 35.9 Å². The van der Waals surface area contributed by atoms with Crippen LogP contribution in [0.5, 0.6) is 0 Å². The minimum atomic E-state index is 0.507. The van der Waals surface area contributed by atoms with Crippen LogP contribution in [0.4, 0.5) is 0 Å². The first-order valence-corrected chi connectivity index (χ1v) is 7.99. The van der Waals surface area contributed by atoms with E-state index in [0.29, 0.717) is 6.04 Å². The molecule has 2 aromatic rings. The Morgan fingerprint density at radius 1 is 1.25 bits per heavy atom. The van der Waals surface area contributed by atoms with Gasteiger partial charge in [0.1, 0.15) is 0 Å². The standard InChI is InChI=1S/C18H26N2/c1-12(2)13(3)11-19-17-10-6-8-15-14-7-4-5-9-16(14)20-18(15)17/h4-5,7,9,12-13,17,19-20H,6,8,10-11H2,1-3H3. The van der Waals surface area contributed by atoms with Crippen LogP contribution in [0.2, 0.25) is 0 Å². The van der Waals surface area contributed by atoms with E-state index in [1.807, 2.05) is 0 Å². The Balaban J connectivity index is 1.83. The molecule has 0 aliphatic heterocycles. The first-order valence-electron chi connectivity index (χ1n) is 7.99. The molecular weight excluding hydrogens is 244 g/mol. The lowest BCUT2D eigenvalue weighted by molar-refractivity contribution is 0.351. The minimum absolute atomic E-state index is 0.507. The molecule has 0 amide bonds. The van der Waals surface area contributed by atoms with E-state index in [-0.39, 0.29) is 0 Å². The molecule has 0 radical (unpaired) electrons. The lowest BCUT2D eigenvalue weighted by Gasteiger charge is -2.26. The molecule has 0 spiro atoms. The van der Waals surface area contributed by atoms with Gasteiger partial charge >= 0.3 is 0 Å². The first kappa shape index (κ1) is 13.7. The molecule has 2 atom stereocenters. The average Bonchev–Trinajstić information content (AvgIpc) is 2.83. The van der Waals surface area contributed by atoms with Crippen molar-refractivity contribution < 1.29 is 0 Å². The maximum atomic E-state index is 3.79. The van der Waals surface area contributed by atoms with Gasteiger partial charge in [0.05, 0.1) is 0 Å². The summed E-state index contributed by atoms with van der Waals surface area (Å²) < 4.78 is 0. The van der Waals surface area contributed by atoms with E-state index in [2.05, 4.69) is 55.3 Å². The van der Waals surface area contributed by atoms with Crippen molar-refractivity contribution in [2.75, 3.05) is 6.54 Å². The van der Waals surface area contributed by atoms with Gasteiger partial charge in [-0.3, -0.25) is 0 Å². The van der Waals surface area contributed by atoms with Crippen molar-refractivity contribution >= 4 is 10.9 Å². The van der Waals surface area contributed by atoms with E-state index < -0.39 is 0 Å². The molecule has 20 heavy (non-hydrogen) atoms.